The SMILES string of the molecule is CCCCC[C@](C)(OC)C(=O)Nc1ccc(OCCOC)cc1. The molecule has 0 saturated heterocycles. The van der Waals surface area contributed by atoms with E-state index >= 15 is 0 Å². The summed E-state index contributed by atoms with van der Waals surface area (Å²) >= 11 is 0. The van der Waals surface area contributed by atoms with Crippen LogP contribution in [0.3, 0.4) is 0 Å². The normalized spacial score (nSPS) is 13.4. The van der Waals surface area contributed by atoms with Gasteiger partial charge in [0.15, 0.2) is 0 Å². The van der Waals surface area contributed by atoms with Crippen LogP contribution in [0.15, 0.2) is 24.3 Å². The first kappa shape index (κ1) is 19.5. The van der Waals surface area contributed by atoms with Gasteiger partial charge in [0.2, 0.25) is 0 Å². The van der Waals surface area contributed by atoms with Crippen molar-refractivity contribution < 1.29 is 19.0 Å². The molecular formula is C18H29NO4. The van der Waals surface area contributed by atoms with E-state index in [1.165, 1.54) is 0 Å². The van der Waals surface area contributed by atoms with E-state index in [1.54, 1.807) is 14.2 Å². The Hall–Kier alpha value is -1.59. The summed E-state index contributed by atoms with van der Waals surface area (Å²) in [6.45, 7) is 5.02. The number of anilines is 1. The highest BCUT2D eigenvalue weighted by molar-refractivity contribution is 5.97. The summed E-state index contributed by atoms with van der Waals surface area (Å²) in [6.07, 6.45) is 3.90. The minimum atomic E-state index is -0.803. The number of benzene rings is 1. The van der Waals surface area contributed by atoms with Gasteiger partial charge in [0.1, 0.15) is 18.0 Å². The number of hydrogen-bond acceptors (Lipinski definition) is 4. The summed E-state index contributed by atoms with van der Waals surface area (Å²) in [5.41, 5.74) is -0.0733. The Morgan fingerprint density at radius 2 is 1.83 bits per heavy atom. The number of unbranched alkanes of at least 4 members (excludes halogenated alkanes) is 2. The summed E-state index contributed by atoms with van der Waals surface area (Å²) in [7, 11) is 3.22. The summed E-state index contributed by atoms with van der Waals surface area (Å²) in [5.74, 6) is 0.627. The number of carbonyl (C=O) groups excluding carboxylic acids is 1. The predicted molar refractivity (Wildman–Crippen MR) is 92.0 cm³/mol. The summed E-state index contributed by atoms with van der Waals surface area (Å²) in [6, 6.07) is 7.29. The Balaban J connectivity index is 2.57. The zero-order valence-electron chi connectivity index (χ0n) is 14.7. The zero-order valence-corrected chi connectivity index (χ0v) is 14.7. The van der Waals surface area contributed by atoms with Crippen molar-refractivity contribution in [3.05, 3.63) is 24.3 Å². The maximum absolute atomic E-state index is 12.5. The fourth-order valence-corrected chi connectivity index (χ4v) is 2.16. The van der Waals surface area contributed by atoms with Crippen molar-refractivity contribution in [3.8, 4) is 5.75 Å². The molecule has 1 rings (SSSR count). The van der Waals surface area contributed by atoms with E-state index in [-0.39, 0.29) is 5.91 Å². The first-order valence-corrected chi connectivity index (χ1v) is 8.14. The molecule has 0 aliphatic rings. The number of nitrogens with one attached hydrogen (secondary N) is 1. The fourth-order valence-electron chi connectivity index (χ4n) is 2.16. The van der Waals surface area contributed by atoms with E-state index < -0.39 is 5.60 Å². The third-order valence-corrected chi connectivity index (χ3v) is 3.86. The summed E-state index contributed by atoms with van der Waals surface area (Å²) in [4.78, 5) is 12.5. The Morgan fingerprint density at radius 1 is 1.13 bits per heavy atom. The topological polar surface area (TPSA) is 56.8 Å². The molecule has 0 fully saturated rings. The highest BCUT2D eigenvalue weighted by Gasteiger charge is 2.32. The fraction of sp³-hybridized carbons (Fsp3) is 0.611. The van der Waals surface area contributed by atoms with Gasteiger partial charge in [0, 0.05) is 19.9 Å². The molecule has 0 heterocycles. The number of methoxy groups -OCH3 is 2. The molecule has 1 aromatic rings. The number of ether oxygens (including phenoxy) is 3. The monoisotopic (exact) mass is 323 g/mol. The van der Waals surface area contributed by atoms with Gasteiger partial charge in [-0.05, 0) is 37.6 Å². The van der Waals surface area contributed by atoms with Crippen LogP contribution < -0.4 is 10.1 Å². The van der Waals surface area contributed by atoms with Crippen molar-refractivity contribution in [2.24, 2.45) is 0 Å². The van der Waals surface area contributed by atoms with Gasteiger partial charge in [0.05, 0.1) is 6.61 Å². The lowest BCUT2D eigenvalue weighted by Crippen LogP contribution is -2.41. The minimum Gasteiger partial charge on any atom is -0.491 e. The molecule has 1 aromatic carbocycles. The first-order valence-electron chi connectivity index (χ1n) is 8.14. The van der Waals surface area contributed by atoms with Crippen molar-refractivity contribution in [1.29, 1.82) is 0 Å². The van der Waals surface area contributed by atoms with Gasteiger partial charge in [0.25, 0.3) is 5.91 Å². The van der Waals surface area contributed by atoms with Crippen LogP contribution in [-0.2, 0) is 14.3 Å². The maximum Gasteiger partial charge on any atom is 0.256 e. The molecule has 1 amide bonds. The summed E-state index contributed by atoms with van der Waals surface area (Å²) in [5, 5.41) is 2.91. The molecule has 0 aliphatic carbocycles. The van der Waals surface area contributed by atoms with E-state index in [0.717, 1.165) is 30.7 Å². The minimum absolute atomic E-state index is 0.121. The number of carbonyl (C=O) groups is 1. The van der Waals surface area contributed by atoms with E-state index in [4.69, 9.17) is 14.2 Å². The molecule has 0 radical (unpaired) electrons. The van der Waals surface area contributed by atoms with Crippen LogP contribution in [0.1, 0.15) is 39.5 Å². The Kier molecular flexibility index (Phi) is 8.66. The molecular weight excluding hydrogens is 294 g/mol. The lowest BCUT2D eigenvalue weighted by molar-refractivity contribution is -0.136. The molecule has 1 atom stereocenters. The van der Waals surface area contributed by atoms with Crippen LogP contribution >= 0.6 is 0 Å². The predicted octanol–water partition coefficient (Wildman–Crippen LogP) is 3.64. The zero-order chi connectivity index (χ0) is 17.1. The number of amides is 1. The molecule has 0 spiro atoms. The second kappa shape index (κ2) is 10.2. The van der Waals surface area contributed by atoms with E-state index in [1.807, 2.05) is 31.2 Å². The smallest absolute Gasteiger partial charge is 0.256 e. The molecule has 130 valence electrons. The van der Waals surface area contributed by atoms with Crippen LogP contribution in [0.25, 0.3) is 0 Å². The molecule has 0 bridgehead atoms. The average Bonchev–Trinajstić information content (AvgIpc) is 2.56. The van der Waals surface area contributed by atoms with Crippen molar-refractivity contribution in [2.75, 3.05) is 32.8 Å². The first-order chi connectivity index (χ1) is 11.1. The molecule has 0 aliphatic heterocycles. The molecule has 5 nitrogen and oxygen atoms in total. The van der Waals surface area contributed by atoms with Crippen molar-refractivity contribution in [2.45, 2.75) is 45.1 Å². The molecule has 1 N–H and O–H groups in total. The van der Waals surface area contributed by atoms with E-state index in [2.05, 4.69) is 12.2 Å². The highest BCUT2D eigenvalue weighted by atomic mass is 16.5. The number of hydrogen-bond donors (Lipinski definition) is 1. The third-order valence-electron chi connectivity index (χ3n) is 3.86. The lowest BCUT2D eigenvalue weighted by atomic mass is 9.97. The van der Waals surface area contributed by atoms with Gasteiger partial charge >= 0.3 is 0 Å². The van der Waals surface area contributed by atoms with E-state index in [0.29, 0.717) is 19.6 Å². The third kappa shape index (κ3) is 6.59. The van der Waals surface area contributed by atoms with Gasteiger partial charge < -0.3 is 19.5 Å². The Bertz CT molecular complexity index is 461. The Labute approximate surface area is 139 Å². The van der Waals surface area contributed by atoms with Crippen molar-refractivity contribution in [3.63, 3.8) is 0 Å². The van der Waals surface area contributed by atoms with Crippen LogP contribution in [0.5, 0.6) is 5.75 Å². The van der Waals surface area contributed by atoms with Crippen LogP contribution in [0.2, 0.25) is 0 Å². The lowest BCUT2D eigenvalue weighted by Gasteiger charge is -2.27. The highest BCUT2D eigenvalue weighted by Crippen LogP contribution is 2.22. The Morgan fingerprint density at radius 3 is 2.39 bits per heavy atom. The van der Waals surface area contributed by atoms with Gasteiger partial charge in [-0.25, -0.2) is 0 Å². The molecule has 23 heavy (non-hydrogen) atoms. The molecule has 0 unspecified atom stereocenters. The standard InChI is InChI=1S/C18H29NO4/c1-5-6-7-12-18(2,22-4)17(20)19-15-8-10-16(11-9-15)23-14-13-21-3/h8-11H,5-7,12-14H2,1-4H3,(H,19,20)/t18-/m0/s1. The van der Waals surface area contributed by atoms with Crippen LogP contribution in [-0.4, -0.2) is 38.9 Å². The second-order valence-corrected chi connectivity index (χ2v) is 5.71. The maximum atomic E-state index is 12.5. The number of rotatable bonds is 11. The van der Waals surface area contributed by atoms with Crippen molar-refractivity contribution in [1.82, 2.24) is 0 Å². The molecule has 5 heteroatoms. The molecule has 0 saturated carbocycles. The van der Waals surface area contributed by atoms with Gasteiger partial charge in [-0.2, -0.15) is 0 Å². The van der Waals surface area contributed by atoms with Gasteiger partial charge in [-0.1, -0.05) is 26.2 Å². The van der Waals surface area contributed by atoms with Crippen LogP contribution in [0.4, 0.5) is 5.69 Å². The van der Waals surface area contributed by atoms with Crippen LogP contribution in [0, 0.1) is 0 Å². The average molecular weight is 323 g/mol. The quantitative estimate of drug-likeness (QED) is 0.632. The van der Waals surface area contributed by atoms with Gasteiger partial charge in [-0.15, -0.1) is 0 Å². The summed E-state index contributed by atoms with van der Waals surface area (Å²) < 4.78 is 15.9. The van der Waals surface area contributed by atoms with Crippen molar-refractivity contribution >= 4 is 11.6 Å². The largest absolute Gasteiger partial charge is 0.491 e. The van der Waals surface area contributed by atoms with E-state index in [9.17, 15) is 4.79 Å². The van der Waals surface area contributed by atoms with Gasteiger partial charge in [-0.3, -0.25) is 4.79 Å². The molecule has 0 aromatic heterocycles. The second-order valence-electron chi connectivity index (χ2n) is 5.71.